The Bertz CT molecular complexity index is 626. The van der Waals surface area contributed by atoms with E-state index in [9.17, 15) is 9.59 Å². The van der Waals surface area contributed by atoms with Crippen LogP contribution in [0.5, 0.6) is 5.75 Å². The van der Waals surface area contributed by atoms with Crippen LogP contribution in [0.25, 0.3) is 0 Å². The molecule has 2 rings (SSSR count). The van der Waals surface area contributed by atoms with Gasteiger partial charge in [-0.1, -0.05) is 18.2 Å². The van der Waals surface area contributed by atoms with Crippen molar-refractivity contribution < 1.29 is 14.3 Å². The predicted octanol–water partition coefficient (Wildman–Crippen LogP) is 1.98. The van der Waals surface area contributed by atoms with Crippen molar-refractivity contribution in [2.75, 3.05) is 19.7 Å². The minimum absolute atomic E-state index is 0.0405. The highest BCUT2D eigenvalue weighted by atomic mass is 32.1. The van der Waals surface area contributed by atoms with Crippen LogP contribution in [0.4, 0.5) is 0 Å². The molecule has 0 aliphatic heterocycles. The standard InChI is InChI=1S/C16H18N2O3S/c1-12-4-2-5-13(10-12)21-8-7-17-15(19)11-18-16(20)14-6-3-9-22-14/h2-6,9-10H,7-8,11H2,1H3,(H,17,19)(H,18,20). The minimum atomic E-state index is -0.238. The van der Waals surface area contributed by atoms with Gasteiger partial charge in [-0.2, -0.15) is 0 Å². The van der Waals surface area contributed by atoms with Gasteiger partial charge in [-0.25, -0.2) is 0 Å². The molecule has 1 heterocycles. The number of carbonyl (C=O) groups excluding carboxylic acids is 2. The molecule has 0 aliphatic rings. The summed E-state index contributed by atoms with van der Waals surface area (Å²) in [5.74, 6) is 0.305. The van der Waals surface area contributed by atoms with E-state index < -0.39 is 0 Å². The van der Waals surface area contributed by atoms with E-state index in [1.165, 1.54) is 11.3 Å². The third kappa shape index (κ3) is 5.21. The minimum Gasteiger partial charge on any atom is -0.492 e. The molecule has 0 bridgehead atoms. The molecule has 1 aromatic carbocycles. The van der Waals surface area contributed by atoms with Crippen LogP contribution < -0.4 is 15.4 Å². The predicted molar refractivity (Wildman–Crippen MR) is 86.3 cm³/mol. The fourth-order valence-corrected chi connectivity index (χ4v) is 2.42. The Balaban J connectivity index is 1.61. The first-order chi connectivity index (χ1) is 10.6. The Kier molecular flexibility index (Phi) is 5.97. The zero-order chi connectivity index (χ0) is 15.8. The Labute approximate surface area is 133 Å². The van der Waals surface area contributed by atoms with Crippen LogP contribution in [0.2, 0.25) is 0 Å². The Morgan fingerprint density at radius 2 is 2.05 bits per heavy atom. The summed E-state index contributed by atoms with van der Waals surface area (Å²) < 4.78 is 5.52. The molecular formula is C16H18N2O3S. The first-order valence-electron chi connectivity index (χ1n) is 6.93. The SMILES string of the molecule is Cc1cccc(OCCNC(=O)CNC(=O)c2cccs2)c1. The average Bonchev–Trinajstić information content (AvgIpc) is 3.04. The number of rotatable bonds is 7. The molecule has 1 aromatic heterocycles. The molecule has 0 saturated carbocycles. The summed E-state index contributed by atoms with van der Waals surface area (Å²) in [4.78, 5) is 23.8. The second-order valence-corrected chi connectivity index (χ2v) is 5.62. The van der Waals surface area contributed by atoms with Crippen LogP contribution in [-0.2, 0) is 4.79 Å². The number of ether oxygens (including phenoxy) is 1. The van der Waals surface area contributed by atoms with E-state index in [1.807, 2.05) is 36.6 Å². The molecule has 0 atom stereocenters. The van der Waals surface area contributed by atoms with Gasteiger partial charge >= 0.3 is 0 Å². The van der Waals surface area contributed by atoms with Gasteiger partial charge in [0.25, 0.3) is 5.91 Å². The fraction of sp³-hybridized carbons (Fsp3) is 0.250. The zero-order valence-electron chi connectivity index (χ0n) is 12.3. The lowest BCUT2D eigenvalue weighted by atomic mass is 10.2. The summed E-state index contributed by atoms with van der Waals surface area (Å²) in [5.41, 5.74) is 1.12. The number of benzene rings is 1. The van der Waals surface area contributed by atoms with E-state index in [0.717, 1.165) is 11.3 Å². The van der Waals surface area contributed by atoms with Crippen LogP contribution in [0.15, 0.2) is 41.8 Å². The number of nitrogens with one attached hydrogen (secondary N) is 2. The highest BCUT2D eigenvalue weighted by Gasteiger charge is 2.08. The molecule has 6 heteroatoms. The monoisotopic (exact) mass is 318 g/mol. The molecule has 22 heavy (non-hydrogen) atoms. The lowest BCUT2D eigenvalue weighted by Crippen LogP contribution is -2.38. The third-order valence-electron chi connectivity index (χ3n) is 2.84. The van der Waals surface area contributed by atoms with Gasteiger partial charge in [0.1, 0.15) is 12.4 Å². The number of thiophene rings is 1. The molecule has 0 fully saturated rings. The van der Waals surface area contributed by atoms with Crippen molar-refractivity contribution in [2.45, 2.75) is 6.92 Å². The van der Waals surface area contributed by atoms with E-state index in [2.05, 4.69) is 10.6 Å². The van der Waals surface area contributed by atoms with Crippen LogP contribution in [-0.4, -0.2) is 31.5 Å². The second kappa shape index (κ2) is 8.19. The van der Waals surface area contributed by atoms with Crippen molar-refractivity contribution in [2.24, 2.45) is 0 Å². The van der Waals surface area contributed by atoms with Crippen molar-refractivity contribution in [3.8, 4) is 5.75 Å². The van der Waals surface area contributed by atoms with Gasteiger partial charge in [0.05, 0.1) is 18.0 Å². The molecular weight excluding hydrogens is 300 g/mol. The van der Waals surface area contributed by atoms with Gasteiger partial charge in [-0.15, -0.1) is 11.3 Å². The number of amides is 2. The van der Waals surface area contributed by atoms with Crippen molar-refractivity contribution in [3.63, 3.8) is 0 Å². The zero-order valence-corrected chi connectivity index (χ0v) is 13.1. The highest BCUT2D eigenvalue weighted by Crippen LogP contribution is 2.11. The Morgan fingerprint density at radius 1 is 1.18 bits per heavy atom. The van der Waals surface area contributed by atoms with Crippen molar-refractivity contribution in [1.82, 2.24) is 10.6 Å². The Hall–Kier alpha value is -2.34. The maximum Gasteiger partial charge on any atom is 0.261 e. The molecule has 0 saturated heterocycles. The van der Waals surface area contributed by atoms with Crippen molar-refractivity contribution >= 4 is 23.2 Å². The van der Waals surface area contributed by atoms with Crippen LogP contribution in [0, 0.1) is 6.92 Å². The summed E-state index contributed by atoms with van der Waals surface area (Å²) >= 11 is 1.34. The number of hydrogen-bond donors (Lipinski definition) is 2. The molecule has 0 unspecified atom stereocenters. The number of carbonyl (C=O) groups is 2. The molecule has 2 amide bonds. The molecule has 0 aliphatic carbocycles. The third-order valence-corrected chi connectivity index (χ3v) is 3.71. The first kappa shape index (κ1) is 16.0. The van der Waals surface area contributed by atoms with Crippen LogP contribution in [0.1, 0.15) is 15.2 Å². The molecule has 2 aromatic rings. The molecule has 116 valence electrons. The summed E-state index contributed by atoms with van der Waals surface area (Å²) in [6.07, 6.45) is 0. The van der Waals surface area contributed by atoms with Gasteiger partial charge in [-0.05, 0) is 36.1 Å². The smallest absolute Gasteiger partial charge is 0.261 e. The van der Waals surface area contributed by atoms with Gasteiger partial charge < -0.3 is 15.4 Å². The van der Waals surface area contributed by atoms with E-state index in [-0.39, 0.29) is 18.4 Å². The summed E-state index contributed by atoms with van der Waals surface area (Å²) in [5, 5.41) is 7.08. The summed E-state index contributed by atoms with van der Waals surface area (Å²) in [6.45, 7) is 2.72. The highest BCUT2D eigenvalue weighted by molar-refractivity contribution is 7.12. The summed E-state index contributed by atoms with van der Waals surface area (Å²) in [6, 6.07) is 11.2. The normalized spacial score (nSPS) is 10.0. The maximum atomic E-state index is 11.7. The lowest BCUT2D eigenvalue weighted by Gasteiger charge is -2.08. The molecule has 0 radical (unpaired) electrons. The number of aryl methyl sites for hydroxylation is 1. The van der Waals surface area contributed by atoms with E-state index in [0.29, 0.717) is 18.0 Å². The van der Waals surface area contributed by atoms with Gasteiger partial charge in [-0.3, -0.25) is 9.59 Å². The van der Waals surface area contributed by atoms with Gasteiger partial charge in [0.2, 0.25) is 5.91 Å². The fourth-order valence-electron chi connectivity index (χ4n) is 1.78. The van der Waals surface area contributed by atoms with Crippen LogP contribution in [0.3, 0.4) is 0 Å². The van der Waals surface area contributed by atoms with Crippen molar-refractivity contribution in [1.29, 1.82) is 0 Å². The van der Waals surface area contributed by atoms with E-state index >= 15 is 0 Å². The van der Waals surface area contributed by atoms with E-state index in [4.69, 9.17) is 4.74 Å². The maximum absolute atomic E-state index is 11.7. The summed E-state index contributed by atoms with van der Waals surface area (Å²) in [7, 11) is 0. The molecule has 0 spiro atoms. The number of hydrogen-bond acceptors (Lipinski definition) is 4. The van der Waals surface area contributed by atoms with E-state index in [1.54, 1.807) is 12.1 Å². The van der Waals surface area contributed by atoms with Gasteiger partial charge in [0, 0.05) is 0 Å². The Morgan fingerprint density at radius 3 is 2.77 bits per heavy atom. The second-order valence-electron chi connectivity index (χ2n) is 4.67. The largest absolute Gasteiger partial charge is 0.492 e. The quantitative estimate of drug-likeness (QED) is 0.767. The average molecular weight is 318 g/mol. The molecule has 5 nitrogen and oxygen atoms in total. The van der Waals surface area contributed by atoms with Crippen molar-refractivity contribution in [3.05, 3.63) is 52.2 Å². The van der Waals surface area contributed by atoms with Crippen LogP contribution >= 0.6 is 11.3 Å². The first-order valence-corrected chi connectivity index (χ1v) is 7.81. The molecule has 2 N–H and O–H groups in total. The lowest BCUT2D eigenvalue weighted by molar-refractivity contribution is -0.120. The van der Waals surface area contributed by atoms with Gasteiger partial charge in [0.15, 0.2) is 0 Å². The topological polar surface area (TPSA) is 67.4 Å².